The van der Waals surface area contributed by atoms with E-state index in [-0.39, 0.29) is 5.78 Å². The number of carbonyl (C=O) groups excluding carboxylic acids is 1. The smallest absolute Gasteiger partial charge is 0.178 e. The molecular formula is C9H13NO. The van der Waals surface area contributed by atoms with Gasteiger partial charge in [-0.2, -0.15) is 0 Å². The van der Waals surface area contributed by atoms with Gasteiger partial charge in [-0.1, -0.05) is 19.9 Å². The van der Waals surface area contributed by atoms with Crippen LogP contribution in [0.25, 0.3) is 0 Å². The summed E-state index contributed by atoms with van der Waals surface area (Å²) in [6, 6.07) is 5.28. The summed E-state index contributed by atoms with van der Waals surface area (Å²) in [5.41, 5.74) is 0.525. The molecule has 2 nitrogen and oxygen atoms in total. The van der Waals surface area contributed by atoms with E-state index in [4.69, 9.17) is 0 Å². The highest BCUT2D eigenvalue weighted by molar-refractivity contribution is 5.91. The molecule has 0 aliphatic heterocycles. The Bertz CT molecular complexity index is 206. The Labute approximate surface area is 67.3 Å². The molecule has 0 saturated carbocycles. The summed E-state index contributed by atoms with van der Waals surface area (Å²) in [6.07, 6.45) is 1.61. The topological polar surface area (TPSA) is 30.0 Å². The van der Waals surface area contributed by atoms with Crippen LogP contribution in [0.15, 0.2) is 24.4 Å². The van der Waals surface area contributed by atoms with E-state index in [0.717, 1.165) is 0 Å². The van der Waals surface area contributed by atoms with E-state index < -0.39 is 0 Å². The second-order valence-electron chi connectivity index (χ2n) is 1.77. The monoisotopic (exact) mass is 151 g/mol. The van der Waals surface area contributed by atoms with Gasteiger partial charge in [0.05, 0.1) is 0 Å². The Balaban J connectivity index is 0.000000461. The van der Waals surface area contributed by atoms with Crippen molar-refractivity contribution in [3.8, 4) is 0 Å². The number of Topliss-reactive ketones (excluding diaryl/α,β-unsaturated/α-hetero) is 1. The third-order valence-corrected chi connectivity index (χ3v) is 1.03. The van der Waals surface area contributed by atoms with Gasteiger partial charge in [0.1, 0.15) is 5.69 Å². The van der Waals surface area contributed by atoms with Crippen LogP contribution in [0.2, 0.25) is 0 Å². The standard InChI is InChI=1S/C7H7NO.C2H6/c1-6(9)7-4-2-3-5-8-7;1-2/h2-5H,1H3;1-2H3. The number of rotatable bonds is 1. The zero-order valence-electron chi connectivity index (χ0n) is 7.16. The first kappa shape index (κ1) is 9.82. The predicted molar refractivity (Wildman–Crippen MR) is 45.6 cm³/mol. The fourth-order valence-electron chi connectivity index (χ4n) is 0.571. The third-order valence-electron chi connectivity index (χ3n) is 1.03. The molecule has 1 rings (SSSR count). The predicted octanol–water partition coefficient (Wildman–Crippen LogP) is 2.31. The fraction of sp³-hybridized carbons (Fsp3) is 0.333. The summed E-state index contributed by atoms with van der Waals surface area (Å²) in [7, 11) is 0. The van der Waals surface area contributed by atoms with E-state index in [9.17, 15) is 4.79 Å². The fourth-order valence-corrected chi connectivity index (χ4v) is 0.571. The highest BCUT2D eigenvalue weighted by Crippen LogP contribution is 1.92. The summed E-state index contributed by atoms with van der Waals surface area (Å²) in [5, 5.41) is 0. The Morgan fingerprint density at radius 2 is 2.00 bits per heavy atom. The second-order valence-corrected chi connectivity index (χ2v) is 1.77. The molecule has 2 heteroatoms. The van der Waals surface area contributed by atoms with E-state index >= 15 is 0 Å². The SMILES string of the molecule is CC.CC(=O)c1ccccn1. The number of carbonyl (C=O) groups is 1. The van der Waals surface area contributed by atoms with E-state index in [1.807, 2.05) is 13.8 Å². The maximum Gasteiger partial charge on any atom is 0.178 e. The molecule has 1 aromatic rings. The lowest BCUT2D eigenvalue weighted by Crippen LogP contribution is -1.93. The molecule has 0 aromatic carbocycles. The minimum absolute atomic E-state index is 0.00981. The Kier molecular flexibility index (Phi) is 4.99. The van der Waals surface area contributed by atoms with Gasteiger partial charge in [0.2, 0.25) is 0 Å². The molecule has 0 fully saturated rings. The van der Waals surface area contributed by atoms with Gasteiger partial charge < -0.3 is 0 Å². The van der Waals surface area contributed by atoms with Gasteiger partial charge in [-0.05, 0) is 12.1 Å². The van der Waals surface area contributed by atoms with Crippen molar-refractivity contribution in [1.29, 1.82) is 0 Å². The first-order chi connectivity index (χ1) is 5.30. The molecule has 0 spiro atoms. The Morgan fingerprint density at radius 1 is 1.36 bits per heavy atom. The van der Waals surface area contributed by atoms with Gasteiger partial charge in [0.25, 0.3) is 0 Å². The zero-order valence-corrected chi connectivity index (χ0v) is 7.16. The molecule has 0 N–H and O–H groups in total. The molecule has 0 atom stereocenters. The molecule has 0 saturated heterocycles. The van der Waals surface area contributed by atoms with Crippen LogP contribution in [0.5, 0.6) is 0 Å². The largest absolute Gasteiger partial charge is 0.293 e. The van der Waals surface area contributed by atoms with Crippen molar-refractivity contribution in [2.75, 3.05) is 0 Å². The van der Waals surface area contributed by atoms with Crippen LogP contribution in [0, 0.1) is 0 Å². The first-order valence-electron chi connectivity index (χ1n) is 3.72. The van der Waals surface area contributed by atoms with Crippen molar-refractivity contribution in [2.24, 2.45) is 0 Å². The van der Waals surface area contributed by atoms with Crippen molar-refractivity contribution in [3.63, 3.8) is 0 Å². The van der Waals surface area contributed by atoms with Crippen molar-refractivity contribution >= 4 is 5.78 Å². The highest BCUT2D eigenvalue weighted by atomic mass is 16.1. The maximum atomic E-state index is 10.6. The minimum atomic E-state index is 0.00981. The molecule has 1 heterocycles. The molecule has 0 aliphatic carbocycles. The zero-order chi connectivity index (χ0) is 8.69. The van der Waals surface area contributed by atoms with Gasteiger partial charge in [0, 0.05) is 13.1 Å². The summed E-state index contributed by atoms with van der Waals surface area (Å²) in [6.45, 7) is 5.50. The number of aromatic nitrogens is 1. The average Bonchev–Trinajstić information content (AvgIpc) is 2.10. The third kappa shape index (κ3) is 3.50. The molecule has 1 aromatic heterocycles. The summed E-state index contributed by atoms with van der Waals surface area (Å²) in [4.78, 5) is 14.4. The number of hydrogen-bond donors (Lipinski definition) is 0. The van der Waals surface area contributed by atoms with Crippen molar-refractivity contribution in [1.82, 2.24) is 4.98 Å². The lowest BCUT2D eigenvalue weighted by Gasteiger charge is -1.88. The van der Waals surface area contributed by atoms with Crippen LogP contribution in [0.4, 0.5) is 0 Å². The van der Waals surface area contributed by atoms with Crippen LogP contribution in [0.1, 0.15) is 31.3 Å². The minimum Gasteiger partial charge on any atom is -0.293 e. The molecule has 0 bridgehead atoms. The molecule has 11 heavy (non-hydrogen) atoms. The van der Waals surface area contributed by atoms with E-state index in [2.05, 4.69) is 4.98 Å². The number of ketones is 1. The number of hydrogen-bond acceptors (Lipinski definition) is 2. The lowest BCUT2D eigenvalue weighted by molar-refractivity contribution is 0.101. The van der Waals surface area contributed by atoms with Gasteiger partial charge in [-0.25, -0.2) is 0 Å². The average molecular weight is 151 g/mol. The number of pyridine rings is 1. The van der Waals surface area contributed by atoms with Crippen molar-refractivity contribution < 1.29 is 4.79 Å². The van der Waals surface area contributed by atoms with Crippen LogP contribution in [-0.4, -0.2) is 10.8 Å². The van der Waals surface area contributed by atoms with Gasteiger partial charge >= 0.3 is 0 Å². The molecule has 0 radical (unpaired) electrons. The van der Waals surface area contributed by atoms with Gasteiger partial charge in [-0.15, -0.1) is 0 Å². The van der Waals surface area contributed by atoms with Crippen molar-refractivity contribution in [2.45, 2.75) is 20.8 Å². The number of nitrogens with zero attached hydrogens (tertiary/aromatic N) is 1. The molecule has 0 unspecified atom stereocenters. The van der Waals surface area contributed by atoms with Crippen molar-refractivity contribution in [3.05, 3.63) is 30.1 Å². The Hall–Kier alpha value is -1.18. The lowest BCUT2D eigenvalue weighted by atomic mass is 10.3. The van der Waals surface area contributed by atoms with Crippen LogP contribution in [-0.2, 0) is 0 Å². The van der Waals surface area contributed by atoms with Crippen LogP contribution < -0.4 is 0 Å². The quantitative estimate of drug-likeness (QED) is 0.576. The van der Waals surface area contributed by atoms with E-state index in [1.165, 1.54) is 6.92 Å². The highest BCUT2D eigenvalue weighted by Gasteiger charge is 1.94. The van der Waals surface area contributed by atoms with E-state index in [0.29, 0.717) is 5.69 Å². The summed E-state index contributed by atoms with van der Waals surface area (Å²) in [5.74, 6) is 0.00981. The molecule has 0 amide bonds. The van der Waals surface area contributed by atoms with Crippen LogP contribution in [0.3, 0.4) is 0 Å². The first-order valence-corrected chi connectivity index (χ1v) is 3.72. The summed E-state index contributed by atoms with van der Waals surface area (Å²) >= 11 is 0. The molecule has 0 aliphatic rings. The normalized spacial score (nSPS) is 7.91. The van der Waals surface area contributed by atoms with Gasteiger partial charge in [0.15, 0.2) is 5.78 Å². The molecule has 60 valence electrons. The van der Waals surface area contributed by atoms with Gasteiger partial charge in [-0.3, -0.25) is 9.78 Å². The molecular weight excluding hydrogens is 138 g/mol. The summed E-state index contributed by atoms with van der Waals surface area (Å²) < 4.78 is 0. The van der Waals surface area contributed by atoms with Crippen LogP contribution >= 0.6 is 0 Å². The second kappa shape index (κ2) is 5.59. The van der Waals surface area contributed by atoms with E-state index in [1.54, 1.807) is 24.4 Å². The maximum absolute atomic E-state index is 10.6. The Morgan fingerprint density at radius 3 is 2.27 bits per heavy atom.